The molecule has 2 aromatic carbocycles. The molecule has 2 aliphatic heterocycles. The SMILES string of the molecule is CC1CCNC(=O)[C@@H]1C[C@@H](C=O)NC(=O)C1SC(NC(=O)OC(c2ccccc2)C(C)(C)c2cccc(Cl)c2)[C@H]1CC1CCCCC1. The van der Waals surface area contributed by atoms with E-state index in [4.69, 9.17) is 16.3 Å². The molecule has 3 aliphatic rings. The Bertz CT molecular complexity index is 1400. The third-order valence-corrected chi connectivity index (χ3v) is 12.2. The fourth-order valence-corrected chi connectivity index (χ4v) is 9.01. The number of thioether (sulfide) groups is 1. The summed E-state index contributed by atoms with van der Waals surface area (Å²) in [7, 11) is 0. The second-order valence-corrected chi connectivity index (χ2v) is 15.8. The normalized spacial score (nSPS) is 26.2. The minimum Gasteiger partial charge on any atom is -0.440 e. The molecule has 5 rings (SSSR count). The van der Waals surface area contributed by atoms with Crippen LogP contribution in [-0.4, -0.2) is 47.4 Å². The van der Waals surface area contributed by atoms with Gasteiger partial charge in [-0.1, -0.05) is 107 Å². The van der Waals surface area contributed by atoms with Gasteiger partial charge >= 0.3 is 6.09 Å². The lowest BCUT2D eigenvalue weighted by Gasteiger charge is -2.45. The second kappa shape index (κ2) is 15.9. The van der Waals surface area contributed by atoms with Gasteiger partial charge in [0.2, 0.25) is 11.8 Å². The van der Waals surface area contributed by atoms with Crippen LogP contribution in [0.5, 0.6) is 0 Å². The van der Waals surface area contributed by atoms with Crippen LogP contribution in [-0.2, 0) is 24.5 Å². The molecule has 2 heterocycles. The lowest BCUT2D eigenvalue weighted by molar-refractivity contribution is -0.130. The maximum absolute atomic E-state index is 13.6. The van der Waals surface area contributed by atoms with Gasteiger partial charge in [-0.2, -0.15) is 0 Å². The monoisotopic (exact) mass is 681 g/mol. The van der Waals surface area contributed by atoms with Gasteiger partial charge in [0.25, 0.3) is 0 Å². The van der Waals surface area contributed by atoms with Gasteiger partial charge in [-0.25, -0.2) is 4.79 Å². The van der Waals surface area contributed by atoms with Gasteiger partial charge < -0.3 is 25.5 Å². The van der Waals surface area contributed by atoms with Crippen LogP contribution in [0.4, 0.5) is 4.79 Å². The Balaban J connectivity index is 1.28. The smallest absolute Gasteiger partial charge is 0.408 e. The number of halogens is 1. The van der Waals surface area contributed by atoms with E-state index in [9.17, 15) is 19.2 Å². The fourth-order valence-electron chi connectivity index (χ4n) is 7.48. The van der Waals surface area contributed by atoms with Gasteiger partial charge in [0.1, 0.15) is 12.4 Å². The van der Waals surface area contributed by atoms with E-state index >= 15 is 0 Å². The molecule has 2 aromatic rings. The first-order valence-corrected chi connectivity index (χ1v) is 18.4. The van der Waals surface area contributed by atoms with E-state index < -0.39 is 28.9 Å². The Hall–Kier alpha value is -3.04. The zero-order chi connectivity index (χ0) is 33.6. The van der Waals surface area contributed by atoms with Crippen molar-refractivity contribution in [2.75, 3.05) is 6.54 Å². The summed E-state index contributed by atoms with van der Waals surface area (Å²) >= 11 is 7.75. The first-order valence-electron chi connectivity index (χ1n) is 17.0. The van der Waals surface area contributed by atoms with Crippen LogP contribution < -0.4 is 16.0 Å². The van der Waals surface area contributed by atoms with Crippen molar-refractivity contribution in [3.8, 4) is 0 Å². The van der Waals surface area contributed by atoms with E-state index in [1.165, 1.54) is 31.0 Å². The molecule has 3 amide bonds. The van der Waals surface area contributed by atoms with Crippen LogP contribution in [0.1, 0.15) is 89.4 Å². The highest BCUT2D eigenvalue weighted by Gasteiger charge is 2.49. The predicted molar refractivity (Wildman–Crippen MR) is 186 cm³/mol. The summed E-state index contributed by atoms with van der Waals surface area (Å²) in [5.74, 6) is -0.0676. The summed E-state index contributed by atoms with van der Waals surface area (Å²) in [6, 6.07) is 16.6. The molecule has 47 heavy (non-hydrogen) atoms. The molecule has 0 radical (unpaired) electrons. The molecule has 1 aliphatic carbocycles. The molecule has 1 saturated carbocycles. The number of ether oxygens (including phenoxy) is 1. The molecule has 2 saturated heterocycles. The van der Waals surface area contributed by atoms with E-state index in [1.54, 1.807) is 0 Å². The Morgan fingerprint density at radius 3 is 2.51 bits per heavy atom. The average molecular weight is 682 g/mol. The number of hydrogen-bond donors (Lipinski definition) is 3. The van der Waals surface area contributed by atoms with Crippen LogP contribution in [0.25, 0.3) is 0 Å². The van der Waals surface area contributed by atoms with Crippen LogP contribution >= 0.6 is 23.4 Å². The molecule has 0 spiro atoms. The van der Waals surface area contributed by atoms with Crippen LogP contribution in [0, 0.1) is 23.7 Å². The van der Waals surface area contributed by atoms with Crippen molar-refractivity contribution in [1.82, 2.24) is 16.0 Å². The number of hydrogen-bond acceptors (Lipinski definition) is 6. The fraction of sp³-hybridized carbons (Fsp3) is 0.568. The lowest BCUT2D eigenvalue weighted by atomic mass is 9.76. The summed E-state index contributed by atoms with van der Waals surface area (Å²) in [5.41, 5.74) is 1.21. The predicted octanol–water partition coefficient (Wildman–Crippen LogP) is 6.96. The quantitative estimate of drug-likeness (QED) is 0.209. The zero-order valence-electron chi connectivity index (χ0n) is 27.6. The Morgan fingerprint density at radius 2 is 1.83 bits per heavy atom. The van der Waals surface area contributed by atoms with Crippen molar-refractivity contribution in [3.63, 3.8) is 0 Å². The van der Waals surface area contributed by atoms with E-state index in [1.807, 2.05) is 75.4 Å². The Kier molecular flexibility index (Phi) is 11.9. The number of rotatable bonds is 12. The number of benzene rings is 2. The number of piperidine rings is 1. The number of aldehydes is 1. The van der Waals surface area contributed by atoms with Crippen molar-refractivity contribution in [3.05, 3.63) is 70.7 Å². The first-order chi connectivity index (χ1) is 22.6. The second-order valence-electron chi connectivity index (χ2n) is 14.1. The summed E-state index contributed by atoms with van der Waals surface area (Å²) in [4.78, 5) is 51.8. The van der Waals surface area contributed by atoms with Crippen LogP contribution in [0.15, 0.2) is 54.6 Å². The molecule has 4 unspecified atom stereocenters. The molecule has 3 fully saturated rings. The van der Waals surface area contributed by atoms with Crippen LogP contribution in [0.3, 0.4) is 0 Å². The van der Waals surface area contributed by atoms with Crippen LogP contribution in [0.2, 0.25) is 5.02 Å². The topological polar surface area (TPSA) is 114 Å². The lowest BCUT2D eigenvalue weighted by Crippen LogP contribution is -2.58. The largest absolute Gasteiger partial charge is 0.440 e. The molecule has 10 heteroatoms. The van der Waals surface area contributed by atoms with E-state index in [0.29, 0.717) is 17.5 Å². The van der Waals surface area contributed by atoms with Gasteiger partial charge in [-0.15, -0.1) is 11.8 Å². The summed E-state index contributed by atoms with van der Waals surface area (Å²) in [6.07, 6.45) is 7.35. The molecule has 0 aromatic heterocycles. The molecular formula is C37H48ClN3O5S. The van der Waals surface area contributed by atoms with Gasteiger partial charge in [-0.3, -0.25) is 9.59 Å². The number of carbonyl (C=O) groups excluding carboxylic acids is 4. The maximum Gasteiger partial charge on any atom is 0.408 e. The molecule has 8 nitrogen and oxygen atoms in total. The zero-order valence-corrected chi connectivity index (χ0v) is 29.2. The van der Waals surface area contributed by atoms with Crippen molar-refractivity contribution in [1.29, 1.82) is 0 Å². The van der Waals surface area contributed by atoms with Gasteiger partial charge in [-0.05, 0) is 54.4 Å². The highest BCUT2D eigenvalue weighted by atomic mass is 35.5. The molecular weight excluding hydrogens is 634 g/mol. The van der Waals surface area contributed by atoms with E-state index in [2.05, 4.69) is 16.0 Å². The minimum atomic E-state index is -0.743. The minimum absolute atomic E-state index is 0.0619. The summed E-state index contributed by atoms with van der Waals surface area (Å²) < 4.78 is 6.23. The van der Waals surface area contributed by atoms with Crippen molar-refractivity contribution < 1.29 is 23.9 Å². The highest BCUT2D eigenvalue weighted by molar-refractivity contribution is 8.02. The number of nitrogens with one attached hydrogen (secondary N) is 3. The Labute approximate surface area is 287 Å². The summed E-state index contributed by atoms with van der Waals surface area (Å²) in [5, 5.41) is 8.81. The molecule has 0 bridgehead atoms. The number of amides is 3. The highest BCUT2D eigenvalue weighted by Crippen LogP contribution is 2.47. The van der Waals surface area contributed by atoms with Crippen molar-refractivity contribution in [2.45, 2.75) is 100 Å². The van der Waals surface area contributed by atoms with E-state index in [-0.39, 0.29) is 41.4 Å². The number of alkyl carbamates (subject to hydrolysis) is 1. The third-order valence-electron chi connectivity index (χ3n) is 10.4. The molecule has 254 valence electrons. The number of carbonyl (C=O) groups is 4. The average Bonchev–Trinajstić information content (AvgIpc) is 3.06. The first kappa shape index (κ1) is 35.3. The third kappa shape index (κ3) is 8.71. The maximum atomic E-state index is 13.6. The molecule has 3 N–H and O–H groups in total. The van der Waals surface area contributed by atoms with Gasteiger partial charge in [0, 0.05) is 28.8 Å². The van der Waals surface area contributed by atoms with Crippen molar-refractivity contribution in [2.24, 2.45) is 23.7 Å². The Morgan fingerprint density at radius 1 is 1.09 bits per heavy atom. The summed E-state index contributed by atoms with van der Waals surface area (Å²) in [6.45, 7) is 6.73. The van der Waals surface area contributed by atoms with Gasteiger partial charge in [0.05, 0.1) is 16.7 Å². The van der Waals surface area contributed by atoms with E-state index in [0.717, 1.165) is 43.1 Å². The molecule has 7 atom stereocenters. The standard InChI is InChI=1S/C37H48ClN3O5S/c1-23-17-18-39-33(43)29(23)21-28(22-42)40-34(44)31-30(19-24-11-6-4-7-12-24)35(47-31)41-36(45)46-32(25-13-8-5-9-14-25)37(2,3)26-15-10-16-27(38)20-26/h5,8-10,13-16,20,22-24,28-32,35H,4,6-7,11-12,17-19,21H2,1-3H3,(H,39,43)(H,40,44)(H,41,45)/t23?,28-,29+,30-,31?,32?,35?/m0/s1. The van der Waals surface area contributed by atoms with Crippen molar-refractivity contribution >= 4 is 47.6 Å². The van der Waals surface area contributed by atoms with Gasteiger partial charge in [0.15, 0.2) is 0 Å².